The summed E-state index contributed by atoms with van der Waals surface area (Å²) in [4.78, 5) is 25.0. The van der Waals surface area contributed by atoms with Gasteiger partial charge >= 0.3 is 0 Å². The molecule has 0 aliphatic heterocycles. The molecule has 0 saturated heterocycles. The van der Waals surface area contributed by atoms with Crippen molar-refractivity contribution in [2.24, 2.45) is 0 Å². The van der Waals surface area contributed by atoms with Crippen molar-refractivity contribution in [2.75, 3.05) is 22.5 Å². The maximum absolute atomic E-state index is 12.6. The summed E-state index contributed by atoms with van der Waals surface area (Å²) in [5.74, 6) is -0.489. The van der Waals surface area contributed by atoms with E-state index in [0.29, 0.717) is 16.9 Å². The van der Waals surface area contributed by atoms with Crippen LogP contribution in [0.15, 0.2) is 78.9 Å². The van der Waals surface area contributed by atoms with E-state index in [1.807, 2.05) is 54.6 Å². The van der Waals surface area contributed by atoms with Crippen LogP contribution in [0.2, 0.25) is 0 Å². The van der Waals surface area contributed by atoms with Crippen LogP contribution in [0.5, 0.6) is 0 Å². The molecule has 0 fully saturated rings. The normalized spacial score (nSPS) is 10.2. The van der Waals surface area contributed by atoms with E-state index < -0.39 is 0 Å². The Morgan fingerprint density at radius 1 is 0.750 bits per heavy atom. The van der Waals surface area contributed by atoms with Gasteiger partial charge in [0, 0.05) is 11.4 Å². The average molecular weight is 373 g/mol. The first-order chi connectivity index (χ1) is 13.7. The third-order valence-corrected chi connectivity index (χ3v) is 4.32. The van der Waals surface area contributed by atoms with E-state index in [9.17, 15) is 9.59 Å². The number of rotatable bonds is 7. The molecule has 3 aromatic rings. The summed E-state index contributed by atoms with van der Waals surface area (Å²) in [6.07, 6.45) is 0.882. The Bertz CT molecular complexity index is 955. The highest BCUT2D eigenvalue weighted by Gasteiger charge is 2.13. The van der Waals surface area contributed by atoms with Crippen LogP contribution in [0.1, 0.15) is 22.8 Å². The molecule has 5 nitrogen and oxygen atoms in total. The van der Waals surface area contributed by atoms with Crippen molar-refractivity contribution in [3.05, 3.63) is 90.0 Å². The zero-order valence-corrected chi connectivity index (χ0v) is 15.7. The summed E-state index contributed by atoms with van der Waals surface area (Å²) in [6, 6.07) is 24.1. The lowest BCUT2D eigenvalue weighted by Gasteiger charge is -2.13. The van der Waals surface area contributed by atoms with E-state index in [4.69, 9.17) is 0 Å². The largest absolute Gasteiger partial charge is 0.376 e. The van der Waals surface area contributed by atoms with E-state index in [0.717, 1.165) is 17.7 Å². The monoisotopic (exact) mass is 373 g/mol. The van der Waals surface area contributed by atoms with Gasteiger partial charge in [-0.2, -0.15) is 0 Å². The molecule has 3 aromatic carbocycles. The lowest BCUT2D eigenvalue weighted by molar-refractivity contribution is -0.114. The van der Waals surface area contributed by atoms with Gasteiger partial charge in [-0.15, -0.1) is 0 Å². The molecule has 0 atom stereocenters. The number of aryl methyl sites for hydroxylation is 1. The molecule has 28 heavy (non-hydrogen) atoms. The van der Waals surface area contributed by atoms with Crippen molar-refractivity contribution in [3.63, 3.8) is 0 Å². The molecule has 0 aliphatic rings. The van der Waals surface area contributed by atoms with Crippen molar-refractivity contribution in [2.45, 2.75) is 13.3 Å². The Morgan fingerprint density at radius 2 is 1.39 bits per heavy atom. The van der Waals surface area contributed by atoms with Crippen LogP contribution in [0.25, 0.3) is 0 Å². The van der Waals surface area contributed by atoms with Crippen molar-refractivity contribution in [1.82, 2.24) is 0 Å². The summed E-state index contributed by atoms with van der Waals surface area (Å²) < 4.78 is 0. The molecule has 0 saturated carbocycles. The van der Waals surface area contributed by atoms with Gasteiger partial charge in [0.2, 0.25) is 5.91 Å². The highest BCUT2D eigenvalue weighted by atomic mass is 16.2. The summed E-state index contributed by atoms with van der Waals surface area (Å²) in [7, 11) is 0. The number of para-hydroxylation sites is 3. The number of benzene rings is 3. The second-order valence-corrected chi connectivity index (χ2v) is 6.28. The molecule has 0 aromatic heterocycles. The molecular weight excluding hydrogens is 350 g/mol. The molecule has 0 unspecified atom stereocenters. The quantitative estimate of drug-likeness (QED) is 0.569. The second-order valence-electron chi connectivity index (χ2n) is 6.28. The number of carbonyl (C=O) groups is 2. The highest BCUT2D eigenvalue weighted by molar-refractivity contribution is 6.10. The molecule has 2 amide bonds. The number of amides is 2. The SMILES string of the molecule is CCc1ccccc1NCC(=O)Nc1ccccc1C(=O)Nc1ccccc1. The van der Waals surface area contributed by atoms with E-state index in [1.165, 1.54) is 0 Å². The van der Waals surface area contributed by atoms with Crippen LogP contribution >= 0.6 is 0 Å². The van der Waals surface area contributed by atoms with Gasteiger partial charge < -0.3 is 16.0 Å². The first kappa shape index (κ1) is 19.2. The van der Waals surface area contributed by atoms with Crippen LogP contribution in [0.3, 0.4) is 0 Å². The zero-order valence-electron chi connectivity index (χ0n) is 15.7. The predicted octanol–water partition coefficient (Wildman–Crippen LogP) is 4.55. The van der Waals surface area contributed by atoms with Gasteiger partial charge in [0.25, 0.3) is 5.91 Å². The maximum atomic E-state index is 12.6. The lowest BCUT2D eigenvalue weighted by atomic mass is 10.1. The van der Waals surface area contributed by atoms with Gasteiger partial charge in [-0.1, -0.05) is 55.5 Å². The Labute approximate surface area is 164 Å². The van der Waals surface area contributed by atoms with Gasteiger partial charge in [0.1, 0.15) is 0 Å². The van der Waals surface area contributed by atoms with E-state index >= 15 is 0 Å². The number of hydrogen-bond acceptors (Lipinski definition) is 3. The van der Waals surface area contributed by atoms with Gasteiger partial charge in [-0.05, 0) is 42.3 Å². The molecule has 142 valence electrons. The van der Waals surface area contributed by atoms with Gasteiger partial charge in [-0.25, -0.2) is 0 Å². The number of anilines is 3. The molecule has 0 heterocycles. The molecular formula is C23H23N3O2. The van der Waals surface area contributed by atoms with E-state index in [-0.39, 0.29) is 18.4 Å². The van der Waals surface area contributed by atoms with Crippen molar-refractivity contribution >= 4 is 28.9 Å². The number of carbonyl (C=O) groups excluding carboxylic acids is 2. The van der Waals surface area contributed by atoms with Crippen LogP contribution in [-0.2, 0) is 11.2 Å². The third kappa shape index (κ3) is 4.98. The topological polar surface area (TPSA) is 70.2 Å². The molecule has 0 bridgehead atoms. The predicted molar refractivity (Wildman–Crippen MR) is 114 cm³/mol. The maximum Gasteiger partial charge on any atom is 0.257 e. The fraction of sp³-hybridized carbons (Fsp3) is 0.130. The van der Waals surface area contributed by atoms with Gasteiger partial charge in [0.15, 0.2) is 0 Å². The first-order valence-electron chi connectivity index (χ1n) is 9.24. The Kier molecular flexibility index (Phi) is 6.41. The van der Waals surface area contributed by atoms with Crippen LogP contribution in [0.4, 0.5) is 17.1 Å². The first-order valence-corrected chi connectivity index (χ1v) is 9.24. The Balaban J connectivity index is 1.65. The van der Waals surface area contributed by atoms with E-state index in [1.54, 1.807) is 24.3 Å². The summed E-state index contributed by atoms with van der Waals surface area (Å²) >= 11 is 0. The molecule has 3 rings (SSSR count). The average Bonchev–Trinajstić information content (AvgIpc) is 2.73. The standard InChI is InChI=1S/C23H23N3O2/c1-2-17-10-6-8-14-20(17)24-16-22(27)26-21-15-9-7-13-19(21)23(28)25-18-11-4-3-5-12-18/h3-15,24H,2,16H2,1H3,(H,25,28)(H,26,27). The minimum atomic E-state index is -0.272. The second kappa shape index (κ2) is 9.37. The van der Waals surface area contributed by atoms with E-state index in [2.05, 4.69) is 22.9 Å². The molecule has 5 heteroatoms. The summed E-state index contributed by atoms with van der Waals surface area (Å²) in [5, 5.41) is 8.82. The van der Waals surface area contributed by atoms with Crippen LogP contribution in [-0.4, -0.2) is 18.4 Å². The van der Waals surface area contributed by atoms with Gasteiger partial charge in [0.05, 0.1) is 17.8 Å². The van der Waals surface area contributed by atoms with Crippen LogP contribution < -0.4 is 16.0 Å². The van der Waals surface area contributed by atoms with Gasteiger partial charge in [-0.3, -0.25) is 9.59 Å². The Hall–Kier alpha value is -3.60. The van der Waals surface area contributed by atoms with Crippen molar-refractivity contribution in [3.8, 4) is 0 Å². The zero-order chi connectivity index (χ0) is 19.8. The molecule has 0 radical (unpaired) electrons. The molecule has 3 N–H and O–H groups in total. The number of nitrogens with one attached hydrogen (secondary N) is 3. The Morgan fingerprint density at radius 3 is 2.14 bits per heavy atom. The molecule has 0 spiro atoms. The summed E-state index contributed by atoms with van der Waals surface area (Å²) in [5.41, 5.74) is 3.68. The minimum absolute atomic E-state index is 0.117. The summed E-state index contributed by atoms with van der Waals surface area (Å²) in [6.45, 7) is 2.19. The van der Waals surface area contributed by atoms with Crippen molar-refractivity contribution in [1.29, 1.82) is 0 Å². The fourth-order valence-electron chi connectivity index (χ4n) is 2.88. The molecule has 0 aliphatic carbocycles. The smallest absolute Gasteiger partial charge is 0.257 e. The lowest BCUT2D eigenvalue weighted by Crippen LogP contribution is -2.24. The van der Waals surface area contributed by atoms with Crippen molar-refractivity contribution < 1.29 is 9.59 Å². The highest BCUT2D eigenvalue weighted by Crippen LogP contribution is 2.18. The fourth-order valence-corrected chi connectivity index (χ4v) is 2.88. The van der Waals surface area contributed by atoms with Crippen LogP contribution in [0, 0.1) is 0 Å². The minimum Gasteiger partial charge on any atom is -0.376 e. The number of hydrogen-bond donors (Lipinski definition) is 3. The third-order valence-electron chi connectivity index (χ3n) is 4.32.